The van der Waals surface area contributed by atoms with Gasteiger partial charge in [-0.3, -0.25) is 9.69 Å². The van der Waals surface area contributed by atoms with Crippen LogP contribution in [0.1, 0.15) is 18.1 Å². The molecule has 4 heteroatoms. The number of carbonyl (C=O) groups is 1. The molecule has 0 unspecified atom stereocenters. The van der Waals surface area contributed by atoms with E-state index >= 15 is 0 Å². The van der Waals surface area contributed by atoms with Crippen LogP contribution in [0.15, 0.2) is 48.5 Å². The van der Waals surface area contributed by atoms with E-state index < -0.39 is 0 Å². The molecule has 3 rings (SSSR count). The van der Waals surface area contributed by atoms with Gasteiger partial charge in [-0.15, -0.1) is 0 Å². The minimum atomic E-state index is -0.261. The normalized spacial score (nSPS) is 19.2. The van der Waals surface area contributed by atoms with E-state index in [1.54, 1.807) is 12.1 Å². The highest BCUT2D eigenvalue weighted by molar-refractivity contribution is 5.98. The van der Waals surface area contributed by atoms with Gasteiger partial charge in [0, 0.05) is 30.9 Å². The van der Waals surface area contributed by atoms with Gasteiger partial charge in [0.25, 0.3) is 0 Å². The number of halogens is 1. The first kappa shape index (κ1) is 15.7. The van der Waals surface area contributed by atoms with E-state index in [1.807, 2.05) is 54.0 Å². The van der Waals surface area contributed by atoms with Gasteiger partial charge in [0.05, 0.1) is 6.04 Å². The van der Waals surface area contributed by atoms with E-state index in [2.05, 4.69) is 0 Å². The molecule has 0 saturated carbocycles. The largest absolute Gasteiger partial charge is 0.310 e. The fraction of sp³-hybridized carbons (Fsp3) is 0.316. The molecule has 0 aliphatic carbocycles. The van der Waals surface area contributed by atoms with Crippen LogP contribution >= 0.6 is 0 Å². The molecule has 1 amide bonds. The van der Waals surface area contributed by atoms with E-state index in [0.29, 0.717) is 18.7 Å². The molecule has 1 atom stereocenters. The minimum absolute atomic E-state index is 0.0712. The number of nitrogens with zero attached hydrogens (tertiary/aromatic N) is 2. The molecule has 1 fully saturated rings. The number of aryl methyl sites for hydroxylation is 1. The first-order chi connectivity index (χ1) is 11.1. The Morgan fingerprint density at radius 2 is 1.78 bits per heavy atom. The highest BCUT2D eigenvalue weighted by atomic mass is 19.1. The Bertz CT molecular complexity index is 716. The van der Waals surface area contributed by atoms with E-state index in [-0.39, 0.29) is 17.8 Å². The first-order valence-corrected chi connectivity index (χ1v) is 7.92. The number of amides is 1. The minimum Gasteiger partial charge on any atom is -0.310 e. The molecule has 2 aromatic carbocycles. The third-order valence-electron chi connectivity index (χ3n) is 4.52. The quantitative estimate of drug-likeness (QED) is 0.867. The molecule has 1 aliphatic rings. The maximum absolute atomic E-state index is 13.8. The summed E-state index contributed by atoms with van der Waals surface area (Å²) in [7, 11) is 0. The lowest BCUT2D eigenvalue weighted by molar-refractivity contribution is -0.125. The smallest absolute Gasteiger partial charge is 0.244 e. The molecule has 0 bridgehead atoms. The third-order valence-corrected chi connectivity index (χ3v) is 4.52. The average molecular weight is 312 g/mol. The Balaban J connectivity index is 1.77. The number of rotatable bonds is 3. The SMILES string of the molecule is Cc1ccccc1N1CCN(Cc2ccccc2F)[C@@H](C)C1=O. The van der Waals surface area contributed by atoms with Crippen molar-refractivity contribution < 1.29 is 9.18 Å². The molecule has 1 heterocycles. The molecule has 3 nitrogen and oxygen atoms in total. The van der Waals surface area contributed by atoms with Crippen LogP contribution in [0.5, 0.6) is 0 Å². The fourth-order valence-electron chi connectivity index (χ4n) is 3.08. The Hall–Kier alpha value is -2.20. The van der Waals surface area contributed by atoms with Crippen LogP contribution in [0.25, 0.3) is 0 Å². The van der Waals surface area contributed by atoms with Crippen LogP contribution in [0.4, 0.5) is 10.1 Å². The highest BCUT2D eigenvalue weighted by Gasteiger charge is 2.32. The van der Waals surface area contributed by atoms with Crippen LogP contribution < -0.4 is 4.90 Å². The number of carbonyl (C=O) groups excluding carboxylic acids is 1. The molecular formula is C19H21FN2O. The van der Waals surface area contributed by atoms with E-state index in [0.717, 1.165) is 17.8 Å². The van der Waals surface area contributed by atoms with Gasteiger partial charge in [-0.1, -0.05) is 36.4 Å². The molecule has 0 spiro atoms. The third kappa shape index (κ3) is 3.13. The Kier molecular flexibility index (Phi) is 4.44. The number of para-hydroxylation sites is 1. The molecule has 1 saturated heterocycles. The monoisotopic (exact) mass is 312 g/mol. The zero-order valence-corrected chi connectivity index (χ0v) is 13.5. The maximum Gasteiger partial charge on any atom is 0.244 e. The second kappa shape index (κ2) is 6.50. The van der Waals surface area contributed by atoms with E-state index in [1.165, 1.54) is 6.07 Å². The zero-order chi connectivity index (χ0) is 16.4. The molecular weight excluding hydrogens is 291 g/mol. The van der Waals surface area contributed by atoms with Gasteiger partial charge >= 0.3 is 0 Å². The Morgan fingerprint density at radius 1 is 1.09 bits per heavy atom. The lowest BCUT2D eigenvalue weighted by atomic mass is 10.1. The van der Waals surface area contributed by atoms with Gasteiger partial charge in [-0.2, -0.15) is 0 Å². The summed E-state index contributed by atoms with van der Waals surface area (Å²) >= 11 is 0. The summed E-state index contributed by atoms with van der Waals surface area (Å²) in [6, 6.07) is 14.4. The van der Waals surface area contributed by atoms with Crippen molar-refractivity contribution in [2.24, 2.45) is 0 Å². The molecule has 2 aromatic rings. The lowest BCUT2D eigenvalue weighted by Gasteiger charge is -2.39. The number of anilines is 1. The predicted molar refractivity (Wildman–Crippen MR) is 89.8 cm³/mol. The summed E-state index contributed by atoms with van der Waals surface area (Å²) in [5.74, 6) is -0.143. The van der Waals surface area contributed by atoms with Crippen molar-refractivity contribution in [2.45, 2.75) is 26.4 Å². The van der Waals surface area contributed by atoms with Crippen molar-refractivity contribution in [1.82, 2.24) is 4.90 Å². The number of benzene rings is 2. The number of hydrogen-bond donors (Lipinski definition) is 0. The van der Waals surface area contributed by atoms with E-state index in [9.17, 15) is 9.18 Å². The molecule has 23 heavy (non-hydrogen) atoms. The van der Waals surface area contributed by atoms with Crippen molar-refractivity contribution in [1.29, 1.82) is 0 Å². The van der Waals surface area contributed by atoms with Gasteiger partial charge in [0.15, 0.2) is 0 Å². The molecule has 120 valence electrons. The van der Waals surface area contributed by atoms with Crippen LogP contribution in [0.2, 0.25) is 0 Å². The Labute approximate surface area is 136 Å². The second-order valence-electron chi connectivity index (χ2n) is 6.01. The van der Waals surface area contributed by atoms with Gasteiger partial charge < -0.3 is 4.90 Å². The van der Waals surface area contributed by atoms with Crippen molar-refractivity contribution in [3.05, 3.63) is 65.5 Å². The molecule has 0 radical (unpaired) electrons. The standard InChI is InChI=1S/C19H21FN2O/c1-14-7-3-6-10-18(14)22-12-11-21(15(2)19(22)23)13-16-8-4-5-9-17(16)20/h3-10,15H,11-13H2,1-2H3/t15-/m0/s1. The molecule has 0 N–H and O–H groups in total. The second-order valence-corrected chi connectivity index (χ2v) is 6.01. The van der Waals surface area contributed by atoms with Gasteiger partial charge in [-0.05, 0) is 31.5 Å². The number of piperazine rings is 1. The number of hydrogen-bond acceptors (Lipinski definition) is 2. The predicted octanol–water partition coefficient (Wildman–Crippen LogP) is 3.37. The van der Waals surface area contributed by atoms with Crippen molar-refractivity contribution in [3.63, 3.8) is 0 Å². The van der Waals surface area contributed by atoms with Crippen LogP contribution in [-0.2, 0) is 11.3 Å². The van der Waals surface area contributed by atoms with Gasteiger partial charge in [0.1, 0.15) is 5.82 Å². The topological polar surface area (TPSA) is 23.6 Å². The molecule has 1 aliphatic heterocycles. The average Bonchev–Trinajstić information content (AvgIpc) is 2.55. The Morgan fingerprint density at radius 3 is 2.52 bits per heavy atom. The molecule has 0 aromatic heterocycles. The van der Waals surface area contributed by atoms with Crippen LogP contribution in [0, 0.1) is 12.7 Å². The summed E-state index contributed by atoms with van der Waals surface area (Å²) < 4.78 is 13.8. The summed E-state index contributed by atoms with van der Waals surface area (Å²) in [6.07, 6.45) is 0. The van der Waals surface area contributed by atoms with Crippen molar-refractivity contribution in [2.75, 3.05) is 18.0 Å². The fourth-order valence-corrected chi connectivity index (χ4v) is 3.08. The van der Waals surface area contributed by atoms with Gasteiger partial charge in [-0.25, -0.2) is 4.39 Å². The van der Waals surface area contributed by atoms with Crippen LogP contribution in [-0.4, -0.2) is 29.9 Å². The maximum atomic E-state index is 13.8. The summed E-state index contributed by atoms with van der Waals surface area (Å²) in [6.45, 7) is 5.73. The summed E-state index contributed by atoms with van der Waals surface area (Å²) in [5, 5.41) is 0. The lowest BCUT2D eigenvalue weighted by Crippen LogP contribution is -2.55. The van der Waals surface area contributed by atoms with Crippen molar-refractivity contribution >= 4 is 11.6 Å². The highest BCUT2D eigenvalue weighted by Crippen LogP contribution is 2.25. The zero-order valence-electron chi connectivity index (χ0n) is 13.5. The van der Waals surface area contributed by atoms with Crippen molar-refractivity contribution in [3.8, 4) is 0 Å². The first-order valence-electron chi connectivity index (χ1n) is 7.92. The summed E-state index contributed by atoms with van der Waals surface area (Å²) in [4.78, 5) is 16.6. The van der Waals surface area contributed by atoms with Gasteiger partial charge in [0.2, 0.25) is 5.91 Å². The van der Waals surface area contributed by atoms with Crippen LogP contribution in [0.3, 0.4) is 0 Å². The van der Waals surface area contributed by atoms with E-state index in [4.69, 9.17) is 0 Å². The summed E-state index contributed by atoms with van der Waals surface area (Å²) in [5.41, 5.74) is 2.70.